The van der Waals surface area contributed by atoms with Crippen LogP contribution in [-0.2, 0) is 5.54 Å². The third kappa shape index (κ3) is 4.55. The first-order valence-electron chi connectivity index (χ1n) is 9.33. The highest BCUT2D eigenvalue weighted by Crippen LogP contribution is 2.43. The maximum absolute atomic E-state index is 12.4. The van der Waals surface area contributed by atoms with Crippen LogP contribution in [0, 0.1) is 12.8 Å². The van der Waals surface area contributed by atoms with Crippen LogP contribution in [0.2, 0.25) is 0 Å². The summed E-state index contributed by atoms with van der Waals surface area (Å²) in [6, 6.07) is 0. The van der Waals surface area contributed by atoms with Crippen molar-refractivity contribution in [3.8, 4) is 11.8 Å². The summed E-state index contributed by atoms with van der Waals surface area (Å²) in [6.45, 7) is 6.35. The van der Waals surface area contributed by atoms with E-state index >= 15 is 0 Å². The molecule has 4 rings (SSSR count). The lowest BCUT2D eigenvalue weighted by Gasteiger charge is -2.23. The minimum absolute atomic E-state index is 0.147. The first-order valence-corrected chi connectivity index (χ1v) is 10.2. The molecular weight excluding hydrogens is 364 g/mol. The monoisotopic (exact) mass is 388 g/mol. The van der Waals surface area contributed by atoms with E-state index in [1.165, 1.54) is 30.4 Å². The van der Waals surface area contributed by atoms with Crippen LogP contribution in [0.15, 0.2) is 11.6 Å². The van der Waals surface area contributed by atoms with Crippen molar-refractivity contribution < 1.29 is 14.3 Å². The Kier molecular flexibility index (Phi) is 4.75. The number of carbonyl (C=O) groups is 1. The lowest BCUT2D eigenvalue weighted by molar-refractivity contribution is 0.185. The maximum atomic E-state index is 12.4. The Balaban J connectivity index is 1.43. The molecule has 7 nitrogen and oxygen atoms in total. The van der Waals surface area contributed by atoms with E-state index in [9.17, 15) is 4.79 Å². The SMILES string of the molecule is Cc1csc(C(C)(C)NC(=O)Oc2cnc(C3CC3)c(OCC3CC3)n2)n1. The summed E-state index contributed by atoms with van der Waals surface area (Å²) < 4.78 is 11.2. The Labute approximate surface area is 162 Å². The Morgan fingerprint density at radius 2 is 2.07 bits per heavy atom. The summed E-state index contributed by atoms with van der Waals surface area (Å²) >= 11 is 1.51. The number of aromatic nitrogens is 3. The molecule has 2 aliphatic carbocycles. The number of nitrogens with one attached hydrogen (secondary N) is 1. The van der Waals surface area contributed by atoms with Crippen molar-refractivity contribution in [2.45, 2.75) is 57.9 Å². The van der Waals surface area contributed by atoms with Gasteiger partial charge in [-0.2, -0.15) is 4.98 Å². The van der Waals surface area contributed by atoms with Gasteiger partial charge in [-0.1, -0.05) is 0 Å². The number of hydrogen-bond acceptors (Lipinski definition) is 7. The largest absolute Gasteiger partial charge is 0.476 e. The predicted molar refractivity (Wildman–Crippen MR) is 101 cm³/mol. The lowest BCUT2D eigenvalue weighted by atomic mass is 10.1. The fourth-order valence-electron chi connectivity index (χ4n) is 2.71. The van der Waals surface area contributed by atoms with Crippen LogP contribution in [-0.4, -0.2) is 27.7 Å². The van der Waals surface area contributed by atoms with Gasteiger partial charge in [0.15, 0.2) is 0 Å². The normalized spacial score (nSPS) is 16.9. The molecule has 1 amide bonds. The highest BCUT2D eigenvalue weighted by Gasteiger charge is 2.32. The van der Waals surface area contributed by atoms with Crippen molar-refractivity contribution in [3.05, 3.63) is 28.0 Å². The van der Waals surface area contributed by atoms with Gasteiger partial charge in [-0.15, -0.1) is 11.3 Å². The number of rotatable bonds is 7. The van der Waals surface area contributed by atoms with E-state index in [1.54, 1.807) is 0 Å². The zero-order chi connectivity index (χ0) is 19.0. The molecule has 2 aromatic heterocycles. The average molecular weight is 388 g/mol. The second-order valence-electron chi connectivity index (χ2n) is 7.86. The minimum Gasteiger partial charge on any atom is -0.476 e. The van der Waals surface area contributed by atoms with Gasteiger partial charge in [-0.05, 0) is 52.4 Å². The highest BCUT2D eigenvalue weighted by molar-refractivity contribution is 7.09. The topological polar surface area (TPSA) is 86.2 Å². The van der Waals surface area contributed by atoms with E-state index in [2.05, 4.69) is 20.3 Å². The maximum Gasteiger partial charge on any atom is 0.414 e. The second-order valence-corrected chi connectivity index (χ2v) is 8.72. The summed E-state index contributed by atoms with van der Waals surface area (Å²) in [6.07, 6.45) is 5.53. The summed E-state index contributed by atoms with van der Waals surface area (Å²) in [7, 11) is 0. The molecule has 0 unspecified atom stereocenters. The first-order chi connectivity index (χ1) is 12.9. The van der Waals surface area contributed by atoms with Crippen LogP contribution in [0.4, 0.5) is 4.79 Å². The van der Waals surface area contributed by atoms with Crippen molar-refractivity contribution in [1.82, 2.24) is 20.3 Å². The Morgan fingerprint density at radius 3 is 2.70 bits per heavy atom. The summed E-state index contributed by atoms with van der Waals surface area (Å²) in [5.41, 5.74) is 1.17. The van der Waals surface area contributed by atoms with Crippen LogP contribution >= 0.6 is 11.3 Å². The standard InChI is InChI=1S/C19H24N4O3S/c1-11-10-27-17(21-11)19(2,3)23-18(24)26-14-8-20-15(13-6-7-13)16(22-14)25-9-12-4-5-12/h8,10,12-13H,4-7,9H2,1-3H3,(H,23,24). The van der Waals surface area contributed by atoms with Gasteiger partial charge in [-0.25, -0.2) is 14.8 Å². The van der Waals surface area contributed by atoms with Crippen molar-refractivity contribution in [2.75, 3.05) is 6.61 Å². The van der Waals surface area contributed by atoms with Gasteiger partial charge in [0.2, 0.25) is 11.8 Å². The molecule has 0 saturated heterocycles. The first kappa shape index (κ1) is 18.2. The third-order valence-electron chi connectivity index (χ3n) is 4.63. The van der Waals surface area contributed by atoms with Crippen LogP contribution in [0.5, 0.6) is 11.8 Å². The second kappa shape index (κ2) is 7.07. The van der Waals surface area contributed by atoms with Gasteiger partial charge in [0.05, 0.1) is 18.3 Å². The average Bonchev–Trinajstić information content (AvgIpc) is 3.52. The molecule has 0 bridgehead atoms. The molecule has 0 aromatic carbocycles. The third-order valence-corrected chi connectivity index (χ3v) is 5.91. The molecule has 0 aliphatic heterocycles. The summed E-state index contributed by atoms with van der Waals surface area (Å²) in [5, 5.41) is 5.62. The van der Waals surface area contributed by atoms with Crippen LogP contribution in [0.3, 0.4) is 0 Å². The van der Waals surface area contributed by atoms with Gasteiger partial charge in [0, 0.05) is 17.0 Å². The molecule has 2 aromatic rings. The number of hydrogen-bond donors (Lipinski definition) is 1. The number of carbonyl (C=O) groups excluding carboxylic acids is 1. The smallest absolute Gasteiger partial charge is 0.414 e. The number of nitrogens with zero attached hydrogens (tertiary/aromatic N) is 3. The van der Waals surface area contributed by atoms with E-state index in [4.69, 9.17) is 9.47 Å². The van der Waals surface area contributed by atoms with Crippen LogP contribution in [0.1, 0.15) is 61.8 Å². The molecule has 2 saturated carbocycles. The Morgan fingerprint density at radius 1 is 1.30 bits per heavy atom. The van der Waals surface area contributed by atoms with Crippen molar-refractivity contribution in [1.29, 1.82) is 0 Å². The molecule has 2 aliphatic rings. The minimum atomic E-state index is -0.636. The van der Waals surface area contributed by atoms with Gasteiger partial charge in [-0.3, -0.25) is 0 Å². The van der Waals surface area contributed by atoms with E-state index in [0.717, 1.165) is 29.2 Å². The predicted octanol–water partition coefficient (Wildman–Crippen LogP) is 3.93. The number of thiazole rings is 1. The molecule has 27 heavy (non-hydrogen) atoms. The fraction of sp³-hybridized carbons (Fsp3) is 0.579. The van der Waals surface area contributed by atoms with Gasteiger partial charge < -0.3 is 14.8 Å². The Hall–Kier alpha value is -2.22. The highest BCUT2D eigenvalue weighted by atomic mass is 32.1. The summed E-state index contributed by atoms with van der Waals surface area (Å²) in [4.78, 5) is 25.7. The van der Waals surface area contributed by atoms with Gasteiger partial charge >= 0.3 is 6.09 Å². The number of aryl methyl sites for hydroxylation is 1. The Bertz CT molecular complexity index is 843. The van der Waals surface area contributed by atoms with Crippen molar-refractivity contribution in [3.63, 3.8) is 0 Å². The molecule has 2 heterocycles. The molecule has 0 radical (unpaired) electrons. The van der Waals surface area contributed by atoms with Gasteiger partial charge in [0.1, 0.15) is 10.7 Å². The molecule has 2 fully saturated rings. The molecule has 144 valence electrons. The number of ether oxygens (including phenoxy) is 2. The summed E-state index contributed by atoms with van der Waals surface area (Å²) in [5.74, 6) is 1.69. The van der Waals surface area contributed by atoms with E-state index < -0.39 is 11.6 Å². The quantitative estimate of drug-likeness (QED) is 0.773. The van der Waals surface area contributed by atoms with Crippen LogP contribution < -0.4 is 14.8 Å². The van der Waals surface area contributed by atoms with E-state index in [0.29, 0.717) is 24.3 Å². The molecule has 0 spiro atoms. The fourth-order valence-corrected chi connectivity index (χ4v) is 3.59. The zero-order valence-electron chi connectivity index (χ0n) is 15.8. The number of amides is 1. The molecule has 0 atom stereocenters. The molecule has 1 N–H and O–H groups in total. The van der Waals surface area contributed by atoms with Crippen LogP contribution in [0.25, 0.3) is 0 Å². The lowest BCUT2D eigenvalue weighted by Crippen LogP contribution is -2.42. The van der Waals surface area contributed by atoms with E-state index in [1.807, 2.05) is 26.2 Å². The molecule has 8 heteroatoms. The van der Waals surface area contributed by atoms with E-state index in [-0.39, 0.29) is 5.88 Å². The van der Waals surface area contributed by atoms with Crippen molar-refractivity contribution in [2.24, 2.45) is 5.92 Å². The zero-order valence-corrected chi connectivity index (χ0v) is 16.6. The molecular formula is C19H24N4O3S. The van der Waals surface area contributed by atoms with Gasteiger partial charge in [0.25, 0.3) is 0 Å². The van der Waals surface area contributed by atoms with Crippen molar-refractivity contribution >= 4 is 17.4 Å².